The SMILES string of the molecule is CCNC(=NCC(C)(C)C(=O)NC)NCC(c1ccc(F)cc1)N1CCOCC1. The summed E-state index contributed by atoms with van der Waals surface area (Å²) in [5, 5.41) is 9.31. The van der Waals surface area contributed by atoms with E-state index in [1.807, 2.05) is 32.9 Å². The van der Waals surface area contributed by atoms with E-state index in [1.54, 1.807) is 7.05 Å². The number of halogens is 1. The Hall–Kier alpha value is -2.19. The van der Waals surface area contributed by atoms with Crippen molar-refractivity contribution in [3.05, 3.63) is 35.6 Å². The molecule has 8 heteroatoms. The van der Waals surface area contributed by atoms with Gasteiger partial charge in [0, 0.05) is 33.2 Å². The van der Waals surface area contributed by atoms with Crippen molar-refractivity contribution in [1.82, 2.24) is 20.9 Å². The zero-order valence-electron chi connectivity index (χ0n) is 17.9. The normalized spacial score (nSPS) is 16.9. The molecule has 29 heavy (non-hydrogen) atoms. The van der Waals surface area contributed by atoms with E-state index >= 15 is 0 Å². The molecule has 2 rings (SSSR count). The molecule has 1 aliphatic rings. The van der Waals surface area contributed by atoms with Crippen LogP contribution in [0.5, 0.6) is 0 Å². The summed E-state index contributed by atoms with van der Waals surface area (Å²) in [6.07, 6.45) is 0. The van der Waals surface area contributed by atoms with Gasteiger partial charge in [-0.25, -0.2) is 4.39 Å². The van der Waals surface area contributed by atoms with E-state index < -0.39 is 5.41 Å². The van der Waals surface area contributed by atoms with Gasteiger partial charge in [0.1, 0.15) is 5.82 Å². The number of ether oxygens (including phenoxy) is 1. The van der Waals surface area contributed by atoms with E-state index in [9.17, 15) is 9.18 Å². The van der Waals surface area contributed by atoms with E-state index in [4.69, 9.17) is 4.74 Å². The van der Waals surface area contributed by atoms with E-state index in [2.05, 4.69) is 25.8 Å². The lowest BCUT2D eigenvalue weighted by atomic mass is 9.93. The molecule has 1 aliphatic heterocycles. The summed E-state index contributed by atoms with van der Waals surface area (Å²) < 4.78 is 18.9. The number of hydrogen-bond acceptors (Lipinski definition) is 4. The van der Waals surface area contributed by atoms with Gasteiger partial charge in [-0.15, -0.1) is 0 Å². The van der Waals surface area contributed by atoms with Crippen LogP contribution < -0.4 is 16.0 Å². The predicted molar refractivity (Wildman–Crippen MR) is 113 cm³/mol. The zero-order chi connectivity index (χ0) is 21.3. The van der Waals surface area contributed by atoms with E-state index in [-0.39, 0.29) is 17.8 Å². The van der Waals surface area contributed by atoms with Crippen LogP contribution in [0.15, 0.2) is 29.3 Å². The summed E-state index contributed by atoms with van der Waals surface area (Å²) in [7, 11) is 1.63. The highest BCUT2D eigenvalue weighted by molar-refractivity contribution is 5.83. The molecule has 0 aromatic heterocycles. The van der Waals surface area contributed by atoms with Crippen LogP contribution in [0.3, 0.4) is 0 Å². The lowest BCUT2D eigenvalue weighted by Gasteiger charge is -2.35. The monoisotopic (exact) mass is 407 g/mol. The molecule has 1 heterocycles. The summed E-state index contributed by atoms with van der Waals surface area (Å²) >= 11 is 0. The predicted octanol–water partition coefficient (Wildman–Crippen LogP) is 1.53. The molecule has 1 unspecified atom stereocenters. The third-order valence-electron chi connectivity index (χ3n) is 5.02. The Morgan fingerprint density at radius 2 is 1.90 bits per heavy atom. The molecular weight excluding hydrogens is 373 g/mol. The fourth-order valence-corrected chi connectivity index (χ4v) is 3.25. The van der Waals surface area contributed by atoms with Gasteiger partial charge in [-0.3, -0.25) is 14.7 Å². The average Bonchev–Trinajstić information content (AvgIpc) is 2.73. The third-order valence-corrected chi connectivity index (χ3v) is 5.02. The zero-order valence-corrected chi connectivity index (χ0v) is 17.9. The van der Waals surface area contributed by atoms with Gasteiger partial charge in [-0.1, -0.05) is 12.1 Å². The van der Waals surface area contributed by atoms with Crippen molar-refractivity contribution in [3.8, 4) is 0 Å². The highest BCUT2D eigenvalue weighted by atomic mass is 19.1. The maximum absolute atomic E-state index is 13.4. The van der Waals surface area contributed by atoms with Crippen LogP contribution in [-0.4, -0.2) is 69.8 Å². The second-order valence-corrected chi connectivity index (χ2v) is 7.75. The maximum atomic E-state index is 13.4. The summed E-state index contributed by atoms with van der Waals surface area (Å²) in [6.45, 7) is 10.4. The smallest absolute Gasteiger partial charge is 0.227 e. The first kappa shape index (κ1) is 23.1. The van der Waals surface area contributed by atoms with Crippen molar-refractivity contribution >= 4 is 11.9 Å². The number of nitrogens with zero attached hydrogens (tertiary/aromatic N) is 2. The van der Waals surface area contributed by atoms with Crippen molar-refractivity contribution < 1.29 is 13.9 Å². The summed E-state index contributed by atoms with van der Waals surface area (Å²) in [5.74, 6) is 0.369. The van der Waals surface area contributed by atoms with Gasteiger partial charge in [-0.05, 0) is 38.5 Å². The largest absolute Gasteiger partial charge is 0.379 e. The lowest BCUT2D eigenvalue weighted by Crippen LogP contribution is -2.46. The molecular formula is C21H34FN5O2. The first-order valence-corrected chi connectivity index (χ1v) is 10.2. The van der Waals surface area contributed by atoms with Crippen LogP contribution in [0, 0.1) is 11.2 Å². The Bertz CT molecular complexity index is 672. The van der Waals surface area contributed by atoms with Gasteiger partial charge in [0.2, 0.25) is 5.91 Å². The molecule has 0 spiro atoms. The number of morpholine rings is 1. The lowest BCUT2D eigenvalue weighted by molar-refractivity contribution is -0.128. The van der Waals surface area contributed by atoms with Gasteiger partial charge < -0.3 is 20.7 Å². The van der Waals surface area contributed by atoms with Crippen LogP contribution >= 0.6 is 0 Å². The first-order chi connectivity index (χ1) is 13.9. The molecule has 0 aliphatic carbocycles. The fraction of sp³-hybridized carbons (Fsp3) is 0.619. The number of guanidine groups is 1. The second-order valence-electron chi connectivity index (χ2n) is 7.75. The number of benzene rings is 1. The van der Waals surface area contributed by atoms with Gasteiger partial charge in [-0.2, -0.15) is 0 Å². The Morgan fingerprint density at radius 1 is 1.24 bits per heavy atom. The first-order valence-electron chi connectivity index (χ1n) is 10.2. The quantitative estimate of drug-likeness (QED) is 0.450. The fourth-order valence-electron chi connectivity index (χ4n) is 3.25. The Labute approximate surface area is 173 Å². The molecule has 3 N–H and O–H groups in total. The van der Waals surface area contributed by atoms with Crippen LogP contribution in [-0.2, 0) is 9.53 Å². The van der Waals surface area contributed by atoms with Crippen molar-refractivity contribution in [2.24, 2.45) is 10.4 Å². The highest BCUT2D eigenvalue weighted by Crippen LogP contribution is 2.22. The van der Waals surface area contributed by atoms with E-state index in [0.29, 0.717) is 38.8 Å². The van der Waals surface area contributed by atoms with Crippen molar-refractivity contribution in [3.63, 3.8) is 0 Å². The average molecular weight is 408 g/mol. The van der Waals surface area contributed by atoms with Crippen molar-refractivity contribution in [1.29, 1.82) is 0 Å². The van der Waals surface area contributed by atoms with Gasteiger partial charge in [0.25, 0.3) is 0 Å². The van der Waals surface area contributed by atoms with E-state index in [0.717, 1.165) is 18.7 Å². The number of nitrogens with one attached hydrogen (secondary N) is 3. The molecule has 1 aromatic rings. The van der Waals surface area contributed by atoms with Crippen molar-refractivity contribution in [2.45, 2.75) is 26.8 Å². The number of aliphatic imine (C=N–C) groups is 1. The number of amides is 1. The maximum Gasteiger partial charge on any atom is 0.227 e. The number of hydrogen-bond donors (Lipinski definition) is 3. The molecule has 0 radical (unpaired) electrons. The molecule has 0 saturated carbocycles. The molecule has 1 amide bonds. The molecule has 162 valence electrons. The molecule has 1 saturated heterocycles. The Morgan fingerprint density at radius 3 is 2.48 bits per heavy atom. The van der Waals surface area contributed by atoms with Gasteiger partial charge >= 0.3 is 0 Å². The van der Waals surface area contributed by atoms with Crippen molar-refractivity contribution in [2.75, 3.05) is 53.0 Å². The minimum atomic E-state index is -0.600. The number of carbonyl (C=O) groups is 1. The Balaban J connectivity index is 2.12. The van der Waals surface area contributed by atoms with Crippen LogP contribution in [0.4, 0.5) is 4.39 Å². The minimum absolute atomic E-state index is 0.0467. The standard InChI is InChI=1S/C21H34FN5O2/c1-5-24-20(26-15-21(2,3)19(28)23-4)25-14-18(27-10-12-29-13-11-27)16-6-8-17(22)9-7-16/h6-9,18H,5,10-15H2,1-4H3,(H,23,28)(H2,24,25,26). The van der Waals surface area contributed by atoms with Crippen LogP contribution in [0.25, 0.3) is 0 Å². The molecule has 0 bridgehead atoms. The van der Waals surface area contributed by atoms with Crippen LogP contribution in [0.2, 0.25) is 0 Å². The second kappa shape index (κ2) is 11.1. The summed E-state index contributed by atoms with van der Waals surface area (Å²) in [6, 6.07) is 6.71. The topological polar surface area (TPSA) is 78.0 Å². The van der Waals surface area contributed by atoms with Crippen LogP contribution in [0.1, 0.15) is 32.4 Å². The minimum Gasteiger partial charge on any atom is -0.379 e. The molecule has 1 aromatic carbocycles. The number of rotatable bonds is 8. The summed E-state index contributed by atoms with van der Waals surface area (Å²) in [5.41, 5.74) is 0.444. The highest BCUT2D eigenvalue weighted by Gasteiger charge is 2.27. The number of carbonyl (C=O) groups excluding carboxylic acids is 1. The van der Waals surface area contributed by atoms with Gasteiger partial charge in [0.15, 0.2) is 5.96 Å². The molecule has 7 nitrogen and oxygen atoms in total. The van der Waals surface area contributed by atoms with Gasteiger partial charge in [0.05, 0.1) is 31.2 Å². The molecule has 1 fully saturated rings. The third kappa shape index (κ3) is 6.97. The van der Waals surface area contributed by atoms with E-state index in [1.165, 1.54) is 12.1 Å². The summed E-state index contributed by atoms with van der Waals surface area (Å²) in [4.78, 5) is 19.0. The molecule has 1 atom stereocenters. The Kier molecular flexibility index (Phi) is 8.85.